The van der Waals surface area contributed by atoms with Crippen LogP contribution in [0.25, 0.3) is 65.7 Å². The first kappa shape index (κ1) is 28.8. The van der Waals surface area contributed by atoms with Crippen LogP contribution in [0.4, 0.5) is 17.1 Å². The van der Waals surface area contributed by atoms with Gasteiger partial charge in [0, 0.05) is 16.9 Å². The van der Waals surface area contributed by atoms with Crippen LogP contribution in [0.3, 0.4) is 0 Å². The van der Waals surface area contributed by atoms with Crippen molar-refractivity contribution in [1.82, 2.24) is 0 Å². The molecule has 0 saturated heterocycles. The molecule has 0 aliphatic heterocycles. The zero-order valence-electron chi connectivity index (χ0n) is 27.0. The first-order valence-corrected chi connectivity index (χ1v) is 16.8. The molecule has 0 fully saturated rings. The van der Waals surface area contributed by atoms with Crippen LogP contribution < -0.4 is 4.90 Å². The number of para-hydroxylation sites is 1. The Bertz CT molecular complexity index is 2570. The Morgan fingerprint density at radius 3 is 1.49 bits per heavy atom. The Morgan fingerprint density at radius 1 is 0.265 bits per heavy atom. The monoisotopic (exact) mass is 623 g/mol. The Hall–Kier alpha value is -6.44. The van der Waals surface area contributed by atoms with E-state index in [2.05, 4.69) is 205 Å². The molecule has 0 N–H and O–H groups in total. The molecule has 0 unspecified atom stereocenters. The summed E-state index contributed by atoms with van der Waals surface area (Å²) < 4.78 is 0. The molecule has 0 atom stereocenters. The molecule has 0 aliphatic carbocycles. The average molecular weight is 624 g/mol. The van der Waals surface area contributed by atoms with E-state index in [1.54, 1.807) is 0 Å². The second kappa shape index (κ2) is 12.3. The van der Waals surface area contributed by atoms with Crippen molar-refractivity contribution < 1.29 is 0 Å². The Kier molecular flexibility index (Phi) is 7.22. The average Bonchev–Trinajstić information content (AvgIpc) is 3.19. The highest BCUT2D eigenvalue weighted by molar-refractivity contribution is 6.17. The third-order valence-corrected chi connectivity index (χ3v) is 9.64. The molecule has 9 rings (SSSR count). The fourth-order valence-electron chi connectivity index (χ4n) is 7.21. The summed E-state index contributed by atoms with van der Waals surface area (Å²) in [6.45, 7) is 0. The van der Waals surface area contributed by atoms with Gasteiger partial charge < -0.3 is 4.90 Å². The minimum atomic E-state index is 1.11. The molecule has 49 heavy (non-hydrogen) atoms. The van der Waals surface area contributed by atoms with Crippen molar-refractivity contribution in [2.75, 3.05) is 4.90 Å². The van der Waals surface area contributed by atoms with Gasteiger partial charge in [-0.2, -0.15) is 0 Å². The SMILES string of the molecule is c1ccc(-c2ccc(N(c3ccccc3)c3ccc(-c4ccc5c(ccc6c7ccccc7ccc56)c4)cc3)c(-c3ccccc3)c2)cc1. The summed E-state index contributed by atoms with van der Waals surface area (Å²) in [4.78, 5) is 2.37. The van der Waals surface area contributed by atoms with E-state index < -0.39 is 0 Å². The lowest BCUT2D eigenvalue weighted by Crippen LogP contribution is -2.11. The highest BCUT2D eigenvalue weighted by Gasteiger charge is 2.18. The van der Waals surface area contributed by atoms with Crippen LogP contribution in [0, 0.1) is 0 Å². The molecule has 1 nitrogen and oxygen atoms in total. The fourth-order valence-corrected chi connectivity index (χ4v) is 7.21. The summed E-state index contributed by atoms with van der Waals surface area (Å²) in [7, 11) is 0. The Morgan fingerprint density at radius 2 is 0.755 bits per heavy atom. The molecule has 230 valence electrons. The lowest BCUT2D eigenvalue weighted by Gasteiger charge is -2.28. The van der Waals surface area contributed by atoms with Crippen molar-refractivity contribution in [1.29, 1.82) is 0 Å². The van der Waals surface area contributed by atoms with Gasteiger partial charge in [0.15, 0.2) is 0 Å². The molecule has 0 spiro atoms. The van der Waals surface area contributed by atoms with Gasteiger partial charge in [0.2, 0.25) is 0 Å². The van der Waals surface area contributed by atoms with Crippen molar-refractivity contribution >= 4 is 49.4 Å². The molecule has 9 aromatic carbocycles. The zero-order valence-corrected chi connectivity index (χ0v) is 27.0. The quantitative estimate of drug-likeness (QED) is 0.167. The number of anilines is 3. The standard InChI is InChI=1S/C48H33N/c1-4-12-34(13-5-1)39-25-31-48(47(33-39)36-14-6-2-7-15-36)49(41-17-8-3-9-18-41)42-26-20-35(21-27-42)38-23-28-44-40(32-38)24-30-45-43-19-11-10-16-37(43)22-29-46(44)45/h1-33H. The van der Waals surface area contributed by atoms with Crippen LogP contribution in [-0.2, 0) is 0 Å². The van der Waals surface area contributed by atoms with Gasteiger partial charge in [0.05, 0.1) is 5.69 Å². The van der Waals surface area contributed by atoms with Crippen molar-refractivity contribution in [3.63, 3.8) is 0 Å². The second-order valence-electron chi connectivity index (χ2n) is 12.6. The topological polar surface area (TPSA) is 3.24 Å². The fraction of sp³-hybridized carbons (Fsp3) is 0. The highest BCUT2D eigenvalue weighted by Crippen LogP contribution is 2.43. The molecule has 0 aliphatic rings. The van der Waals surface area contributed by atoms with Gasteiger partial charge in [-0.1, -0.05) is 158 Å². The number of rotatable bonds is 6. The predicted molar refractivity (Wildman–Crippen MR) is 210 cm³/mol. The Balaban J connectivity index is 1.14. The summed E-state index contributed by atoms with van der Waals surface area (Å²) in [5.74, 6) is 0. The second-order valence-corrected chi connectivity index (χ2v) is 12.6. The van der Waals surface area contributed by atoms with E-state index in [0.29, 0.717) is 0 Å². The maximum atomic E-state index is 2.37. The Labute approximate surface area is 287 Å². The smallest absolute Gasteiger partial charge is 0.0540 e. The van der Waals surface area contributed by atoms with E-state index in [0.717, 1.165) is 17.1 Å². The van der Waals surface area contributed by atoms with Crippen LogP contribution >= 0.6 is 0 Å². The summed E-state index contributed by atoms with van der Waals surface area (Å²) in [5.41, 5.74) is 10.5. The van der Waals surface area contributed by atoms with Crippen LogP contribution in [-0.4, -0.2) is 0 Å². The van der Waals surface area contributed by atoms with E-state index in [1.807, 2.05) is 0 Å². The van der Waals surface area contributed by atoms with Crippen molar-refractivity contribution in [3.8, 4) is 33.4 Å². The molecule has 0 heterocycles. The number of hydrogen-bond acceptors (Lipinski definition) is 1. The van der Waals surface area contributed by atoms with Gasteiger partial charge in [0.25, 0.3) is 0 Å². The number of fused-ring (bicyclic) bond motifs is 5. The molecule has 0 bridgehead atoms. The normalized spacial score (nSPS) is 11.3. The van der Waals surface area contributed by atoms with E-state index >= 15 is 0 Å². The van der Waals surface area contributed by atoms with Crippen LogP contribution in [0.2, 0.25) is 0 Å². The number of hydrogen-bond donors (Lipinski definition) is 0. The molecule has 0 radical (unpaired) electrons. The number of nitrogens with zero attached hydrogens (tertiary/aromatic N) is 1. The van der Waals surface area contributed by atoms with E-state index in [-0.39, 0.29) is 0 Å². The summed E-state index contributed by atoms with van der Waals surface area (Å²) in [6, 6.07) is 72.4. The largest absolute Gasteiger partial charge is 0.310 e. The third kappa shape index (κ3) is 5.32. The van der Waals surface area contributed by atoms with Crippen LogP contribution in [0.5, 0.6) is 0 Å². The van der Waals surface area contributed by atoms with Crippen molar-refractivity contribution in [3.05, 3.63) is 200 Å². The molecule has 9 aromatic rings. The van der Waals surface area contributed by atoms with E-state index in [1.165, 1.54) is 65.7 Å². The first-order valence-electron chi connectivity index (χ1n) is 16.8. The first-order chi connectivity index (χ1) is 24.3. The predicted octanol–water partition coefficient (Wildman–Crippen LogP) is 13.6. The maximum absolute atomic E-state index is 2.37. The summed E-state index contributed by atoms with van der Waals surface area (Å²) >= 11 is 0. The molecular formula is C48H33N. The maximum Gasteiger partial charge on any atom is 0.0540 e. The minimum absolute atomic E-state index is 1.11. The van der Waals surface area contributed by atoms with Gasteiger partial charge in [-0.15, -0.1) is 0 Å². The van der Waals surface area contributed by atoms with Gasteiger partial charge in [0.1, 0.15) is 0 Å². The molecular weight excluding hydrogens is 591 g/mol. The molecule has 0 saturated carbocycles. The summed E-state index contributed by atoms with van der Waals surface area (Å²) in [5, 5.41) is 7.71. The molecule has 0 amide bonds. The zero-order chi connectivity index (χ0) is 32.6. The van der Waals surface area contributed by atoms with Crippen molar-refractivity contribution in [2.45, 2.75) is 0 Å². The molecule has 1 heteroatoms. The lowest BCUT2D eigenvalue weighted by atomic mass is 9.94. The minimum Gasteiger partial charge on any atom is -0.310 e. The summed E-state index contributed by atoms with van der Waals surface area (Å²) in [6.07, 6.45) is 0. The van der Waals surface area contributed by atoms with Crippen molar-refractivity contribution in [2.24, 2.45) is 0 Å². The number of benzene rings is 9. The van der Waals surface area contributed by atoms with Crippen LogP contribution in [0.15, 0.2) is 200 Å². The van der Waals surface area contributed by atoms with Gasteiger partial charge in [-0.05, 0) is 103 Å². The van der Waals surface area contributed by atoms with E-state index in [9.17, 15) is 0 Å². The van der Waals surface area contributed by atoms with Gasteiger partial charge in [-0.3, -0.25) is 0 Å². The highest BCUT2D eigenvalue weighted by atomic mass is 15.1. The molecule has 0 aromatic heterocycles. The third-order valence-electron chi connectivity index (χ3n) is 9.64. The van der Waals surface area contributed by atoms with Gasteiger partial charge >= 0.3 is 0 Å². The van der Waals surface area contributed by atoms with Crippen LogP contribution in [0.1, 0.15) is 0 Å². The van der Waals surface area contributed by atoms with Gasteiger partial charge in [-0.25, -0.2) is 0 Å². The van der Waals surface area contributed by atoms with E-state index in [4.69, 9.17) is 0 Å². The lowest BCUT2D eigenvalue weighted by molar-refractivity contribution is 1.28.